The van der Waals surface area contributed by atoms with Crippen molar-refractivity contribution in [2.24, 2.45) is 0 Å². The number of benzene rings is 3. The average Bonchev–Trinajstić information content (AvgIpc) is 3.24. The van der Waals surface area contributed by atoms with E-state index >= 15 is 0 Å². The lowest BCUT2D eigenvalue weighted by atomic mass is 9.99. The lowest BCUT2D eigenvalue weighted by molar-refractivity contribution is -0.153. The van der Waals surface area contributed by atoms with Crippen molar-refractivity contribution >= 4 is 44.2 Å². The molecular weight excluding hydrogens is 573 g/mol. The number of ether oxygens (including phenoxy) is 2. The zero-order chi connectivity index (χ0) is 29.2. The van der Waals surface area contributed by atoms with Crippen LogP contribution in [0.2, 0.25) is 5.02 Å². The number of carbonyl (C=O) groups is 1. The second-order valence-corrected chi connectivity index (χ2v) is 11.1. The number of aromatic amines is 1. The van der Waals surface area contributed by atoms with Crippen LogP contribution in [0, 0.1) is 6.92 Å². The molecule has 212 valence electrons. The zero-order valence-electron chi connectivity index (χ0n) is 21.2. The van der Waals surface area contributed by atoms with E-state index in [9.17, 15) is 26.4 Å². The van der Waals surface area contributed by atoms with Gasteiger partial charge in [0, 0.05) is 29.1 Å². The fourth-order valence-corrected chi connectivity index (χ4v) is 5.88. The summed E-state index contributed by atoms with van der Waals surface area (Å²) in [7, 11) is -2.85. The van der Waals surface area contributed by atoms with Crippen LogP contribution in [0.15, 0.2) is 59.5 Å². The van der Waals surface area contributed by atoms with Gasteiger partial charge in [0.05, 0.1) is 24.2 Å². The highest BCUT2D eigenvalue weighted by Gasteiger charge is 2.29. The van der Waals surface area contributed by atoms with Gasteiger partial charge in [-0.15, -0.1) is 0 Å². The fraction of sp³-hybridized carbons (Fsp3) is 0.222. The zero-order valence-corrected chi connectivity index (χ0v) is 22.8. The molecule has 3 N–H and O–H groups in total. The largest absolute Gasteiger partial charge is 0.496 e. The van der Waals surface area contributed by atoms with Crippen molar-refractivity contribution in [1.29, 1.82) is 0 Å². The number of aryl methyl sites for hydroxylation is 1. The highest BCUT2D eigenvalue weighted by atomic mass is 35.5. The number of aromatic nitrogens is 1. The van der Waals surface area contributed by atoms with Crippen LogP contribution in [0.3, 0.4) is 0 Å². The topological polar surface area (TPSA) is 118 Å². The molecule has 0 bridgehead atoms. The number of aliphatic carboxylic acids is 1. The van der Waals surface area contributed by atoms with Gasteiger partial charge in [0.15, 0.2) is 6.61 Å². The van der Waals surface area contributed by atoms with Gasteiger partial charge in [0.25, 0.3) is 10.0 Å². The average molecular weight is 597 g/mol. The monoisotopic (exact) mass is 596 g/mol. The first-order valence-electron chi connectivity index (χ1n) is 11.8. The summed E-state index contributed by atoms with van der Waals surface area (Å²) in [5, 5.41) is 9.37. The van der Waals surface area contributed by atoms with E-state index in [1.54, 1.807) is 36.4 Å². The lowest BCUT2D eigenvalue weighted by Gasteiger charge is -2.17. The third kappa shape index (κ3) is 6.80. The maximum Gasteiger partial charge on any atom is 0.422 e. The summed E-state index contributed by atoms with van der Waals surface area (Å²) in [5.41, 5.74) is 3.54. The predicted octanol–water partition coefficient (Wildman–Crippen LogP) is 6.10. The molecule has 4 rings (SSSR count). The van der Waals surface area contributed by atoms with Crippen LogP contribution >= 0.6 is 11.6 Å². The van der Waals surface area contributed by atoms with Crippen molar-refractivity contribution < 1.29 is 41.0 Å². The van der Waals surface area contributed by atoms with Gasteiger partial charge >= 0.3 is 12.1 Å². The van der Waals surface area contributed by atoms with E-state index in [4.69, 9.17) is 21.4 Å². The van der Waals surface area contributed by atoms with Crippen LogP contribution in [-0.4, -0.2) is 44.4 Å². The van der Waals surface area contributed by atoms with E-state index in [0.29, 0.717) is 33.3 Å². The summed E-state index contributed by atoms with van der Waals surface area (Å²) in [6, 6.07) is 13.5. The molecule has 0 saturated carbocycles. The Morgan fingerprint density at radius 2 is 1.80 bits per heavy atom. The Morgan fingerprint density at radius 1 is 1.07 bits per heavy atom. The standard InChI is InChI=1S/C27H24ClF3N2O6S/c1-15-9-20-22(32-15)7-5-18(12-17-4-3-16(11-25(34)35)10-23(17)38-2)26(20)33-40(36,37)24-8-6-19(13-21(24)28)39-14-27(29,30)31/h3-10,13,32-33H,11-12,14H2,1-2H3,(H,34,35). The summed E-state index contributed by atoms with van der Waals surface area (Å²) in [5.74, 6) is -0.780. The molecule has 0 unspecified atom stereocenters. The van der Waals surface area contributed by atoms with Crippen LogP contribution in [0.25, 0.3) is 10.9 Å². The van der Waals surface area contributed by atoms with Crippen molar-refractivity contribution in [2.75, 3.05) is 18.4 Å². The van der Waals surface area contributed by atoms with Gasteiger partial charge in [-0.05, 0) is 53.9 Å². The number of nitrogens with one attached hydrogen (secondary N) is 2. The number of sulfonamides is 1. The molecule has 0 saturated heterocycles. The van der Waals surface area contributed by atoms with Gasteiger partial charge in [0.1, 0.15) is 16.4 Å². The van der Waals surface area contributed by atoms with Gasteiger partial charge in [-0.2, -0.15) is 13.2 Å². The molecule has 0 atom stereocenters. The highest BCUT2D eigenvalue weighted by molar-refractivity contribution is 7.92. The van der Waals surface area contributed by atoms with Crippen LogP contribution < -0.4 is 14.2 Å². The molecule has 0 aliphatic carbocycles. The van der Waals surface area contributed by atoms with Gasteiger partial charge in [-0.3, -0.25) is 9.52 Å². The molecule has 0 spiro atoms. The molecule has 40 heavy (non-hydrogen) atoms. The minimum atomic E-state index is -4.57. The SMILES string of the molecule is COc1cc(CC(=O)O)ccc1Cc1ccc2[nH]c(C)cc2c1NS(=O)(=O)c1ccc(OCC(F)(F)F)cc1Cl. The maximum absolute atomic E-state index is 13.5. The van der Waals surface area contributed by atoms with Crippen molar-refractivity contribution in [3.05, 3.63) is 82.0 Å². The predicted molar refractivity (Wildman–Crippen MR) is 144 cm³/mol. The summed E-state index contributed by atoms with van der Waals surface area (Å²) in [4.78, 5) is 13.9. The Bertz CT molecular complexity index is 1690. The number of alkyl halides is 3. The van der Waals surface area contributed by atoms with Gasteiger partial charge in [-0.25, -0.2) is 8.42 Å². The number of carboxylic acids is 1. The van der Waals surface area contributed by atoms with E-state index < -0.39 is 28.8 Å². The molecule has 0 aliphatic heterocycles. The summed E-state index contributed by atoms with van der Waals surface area (Å²) in [6.45, 7) is 0.269. The molecule has 8 nitrogen and oxygen atoms in total. The maximum atomic E-state index is 13.5. The number of halogens is 4. The smallest absolute Gasteiger partial charge is 0.422 e. The van der Waals surface area contributed by atoms with Crippen LogP contribution in [0.1, 0.15) is 22.4 Å². The number of carboxylic acid groups (broad SMARTS) is 1. The normalized spacial score (nSPS) is 11.9. The summed E-state index contributed by atoms with van der Waals surface area (Å²) in [6.07, 6.45) is -4.52. The fourth-order valence-electron chi connectivity index (χ4n) is 4.23. The molecule has 0 amide bonds. The Hall–Kier alpha value is -3.90. The number of anilines is 1. The number of rotatable bonds is 10. The first kappa shape index (κ1) is 29.1. The molecule has 0 aliphatic rings. The van der Waals surface area contributed by atoms with Crippen LogP contribution in [-0.2, 0) is 27.7 Å². The first-order valence-corrected chi connectivity index (χ1v) is 13.6. The lowest BCUT2D eigenvalue weighted by Crippen LogP contribution is -2.19. The van der Waals surface area contributed by atoms with Crippen LogP contribution in [0.5, 0.6) is 11.5 Å². The molecular formula is C27H24ClF3N2O6S. The van der Waals surface area contributed by atoms with Gasteiger partial charge < -0.3 is 19.6 Å². The van der Waals surface area contributed by atoms with E-state index in [-0.39, 0.29) is 34.2 Å². The molecule has 0 fully saturated rings. The molecule has 1 heterocycles. The molecule has 1 aromatic heterocycles. The molecule has 13 heteroatoms. The third-order valence-corrected chi connectivity index (χ3v) is 7.78. The van der Waals surface area contributed by atoms with Crippen molar-refractivity contribution in [1.82, 2.24) is 4.98 Å². The molecule has 4 aromatic rings. The van der Waals surface area contributed by atoms with E-state index in [0.717, 1.165) is 23.9 Å². The number of hydrogen-bond donors (Lipinski definition) is 3. The minimum absolute atomic E-state index is 0.183. The van der Waals surface area contributed by atoms with E-state index in [1.807, 2.05) is 6.92 Å². The summed E-state index contributed by atoms with van der Waals surface area (Å²) >= 11 is 6.17. The molecule has 0 radical (unpaired) electrons. The highest BCUT2D eigenvalue weighted by Crippen LogP contribution is 2.35. The quantitative estimate of drug-likeness (QED) is 0.204. The van der Waals surface area contributed by atoms with Gasteiger partial charge in [-0.1, -0.05) is 29.8 Å². The Labute approximate surface area is 232 Å². The number of H-pyrrole nitrogens is 1. The Morgan fingerprint density at radius 3 is 2.45 bits per heavy atom. The molecule has 3 aromatic carbocycles. The van der Waals surface area contributed by atoms with E-state index in [2.05, 4.69) is 14.4 Å². The second kappa shape index (κ2) is 11.3. The first-order chi connectivity index (χ1) is 18.8. The number of fused-ring (bicyclic) bond motifs is 1. The van der Waals surface area contributed by atoms with Crippen molar-refractivity contribution in [2.45, 2.75) is 30.8 Å². The van der Waals surface area contributed by atoms with Crippen LogP contribution in [0.4, 0.5) is 18.9 Å². The Kier molecular flexibility index (Phi) is 8.22. The number of methoxy groups -OCH3 is 1. The van der Waals surface area contributed by atoms with E-state index in [1.165, 1.54) is 7.11 Å². The second-order valence-electron chi connectivity index (χ2n) is 9.01. The summed E-state index contributed by atoms with van der Waals surface area (Å²) < 4.78 is 77.2. The minimum Gasteiger partial charge on any atom is -0.496 e. The van der Waals surface area contributed by atoms with Crippen molar-refractivity contribution in [3.63, 3.8) is 0 Å². The number of hydrogen-bond acceptors (Lipinski definition) is 5. The third-order valence-electron chi connectivity index (χ3n) is 5.94. The Balaban J connectivity index is 1.71. The van der Waals surface area contributed by atoms with Gasteiger partial charge in [0.2, 0.25) is 0 Å². The van der Waals surface area contributed by atoms with Crippen molar-refractivity contribution in [3.8, 4) is 11.5 Å².